The maximum absolute atomic E-state index is 13.2. The van der Waals surface area contributed by atoms with Gasteiger partial charge in [-0.3, -0.25) is 19.2 Å². The molecule has 4 N–H and O–H groups in total. The topological polar surface area (TPSA) is 134 Å². The number of aliphatic hydroxyl groups excluding tert-OH is 1. The molecule has 0 aliphatic carbocycles. The highest BCUT2D eigenvalue weighted by Crippen LogP contribution is 2.24. The van der Waals surface area contributed by atoms with Crippen molar-refractivity contribution >= 4 is 57.0 Å². The van der Waals surface area contributed by atoms with E-state index in [-0.39, 0.29) is 18.8 Å². The molecule has 0 radical (unpaired) electrons. The first-order valence-electron chi connectivity index (χ1n) is 11.4. The summed E-state index contributed by atoms with van der Waals surface area (Å²) in [4.78, 5) is 51.6. The Labute approximate surface area is 213 Å². The van der Waals surface area contributed by atoms with Gasteiger partial charge in [-0.05, 0) is 36.8 Å². The Morgan fingerprint density at radius 1 is 1.12 bits per heavy atom. The van der Waals surface area contributed by atoms with Crippen LogP contribution in [0.25, 0.3) is 0 Å². The summed E-state index contributed by atoms with van der Waals surface area (Å²) in [7, 11) is 3.04. The minimum atomic E-state index is -1.18. The zero-order valence-electron chi connectivity index (χ0n) is 19.8. The number of carbonyl (C=O) groups excluding carboxylic acids is 4. The molecular weight excluding hydrogens is 498 g/mol. The van der Waals surface area contributed by atoms with E-state index in [9.17, 15) is 24.3 Å². The first-order valence-corrected chi connectivity index (χ1v) is 15.3. The van der Waals surface area contributed by atoms with Gasteiger partial charge in [-0.2, -0.15) is 11.8 Å². The molecule has 0 unspecified atom stereocenters. The summed E-state index contributed by atoms with van der Waals surface area (Å²) in [6.07, 6.45) is 4.05. The molecule has 2 bridgehead atoms. The molecule has 0 spiro atoms. The second-order valence-corrected chi connectivity index (χ2v) is 12.2. The van der Waals surface area contributed by atoms with Crippen LogP contribution in [-0.2, 0) is 23.9 Å². The van der Waals surface area contributed by atoms with Crippen molar-refractivity contribution in [3.63, 3.8) is 0 Å². The predicted molar refractivity (Wildman–Crippen MR) is 137 cm³/mol. The van der Waals surface area contributed by atoms with E-state index in [1.54, 1.807) is 28.6 Å². The molecule has 2 aliphatic rings. The van der Waals surface area contributed by atoms with Gasteiger partial charge in [-0.25, -0.2) is 0 Å². The minimum absolute atomic E-state index is 0.141. The van der Waals surface area contributed by atoms with Gasteiger partial charge in [0.2, 0.25) is 17.7 Å². The van der Waals surface area contributed by atoms with Crippen LogP contribution < -0.4 is 16.0 Å². The highest BCUT2D eigenvalue weighted by atomic mass is 33.1. The lowest BCUT2D eigenvalue weighted by Gasteiger charge is -2.29. The van der Waals surface area contributed by atoms with Crippen LogP contribution >= 0.6 is 33.3 Å². The Balaban J connectivity index is 2.45. The van der Waals surface area contributed by atoms with Crippen molar-refractivity contribution in [3.05, 3.63) is 12.2 Å². The van der Waals surface area contributed by atoms with Gasteiger partial charge in [-0.15, -0.1) is 0 Å². The molecule has 1 saturated heterocycles. The molecule has 3 amide bonds. The Morgan fingerprint density at radius 2 is 1.88 bits per heavy atom. The number of hydrogen-bond donors (Lipinski definition) is 4. The number of hydrogen-bond acceptors (Lipinski definition) is 9. The molecule has 1 fully saturated rings. The van der Waals surface area contributed by atoms with Crippen LogP contribution in [0, 0.1) is 5.92 Å². The molecule has 34 heavy (non-hydrogen) atoms. The van der Waals surface area contributed by atoms with Crippen molar-refractivity contribution in [2.75, 3.05) is 23.5 Å². The van der Waals surface area contributed by atoms with Gasteiger partial charge in [0, 0.05) is 11.5 Å². The third kappa shape index (κ3) is 9.71. The Bertz CT molecular complexity index is 751. The van der Waals surface area contributed by atoms with Gasteiger partial charge in [0.05, 0.1) is 25.0 Å². The number of amides is 3. The Hall–Kier alpha value is -1.37. The smallest absolute Gasteiger partial charge is 0.309 e. The number of allylic oxidation sites excluding steroid dienone is 1. The summed E-state index contributed by atoms with van der Waals surface area (Å²) in [5.74, 6) is -0.440. The zero-order valence-corrected chi connectivity index (χ0v) is 22.2. The predicted octanol–water partition coefficient (Wildman–Crippen LogP) is 1.26. The summed E-state index contributed by atoms with van der Waals surface area (Å²) >= 11 is 1.55. The Morgan fingerprint density at radius 3 is 2.59 bits per heavy atom. The summed E-state index contributed by atoms with van der Waals surface area (Å²) in [5.41, 5.74) is 0. The summed E-state index contributed by atoms with van der Waals surface area (Å²) in [5, 5.41) is 19.1. The normalized spacial score (nSPS) is 31.3. The second kappa shape index (κ2) is 14.9. The first kappa shape index (κ1) is 28.9. The highest BCUT2D eigenvalue weighted by molar-refractivity contribution is 8.76. The summed E-state index contributed by atoms with van der Waals surface area (Å²) in [6.45, 7) is 3.66. The number of aliphatic hydroxyl groups is 1. The first-order chi connectivity index (χ1) is 16.2. The van der Waals surface area contributed by atoms with Crippen LogP contribution in [0.1, 0.15) is 39.5 Å². The molecule has 0 aromatic carbocycles. The maximum Gasteiger partial charge on any atom is 0.309 e. The van der Waals surface area contributed by atoms with E-state index in [1.165, 1.54) is 10.8 Å². The molecule has 0 aromatic rings. The van der Waals surface area contributed by atoms with Crippen molar-refractivity contribution in [2.45, 2.75) is 69.9 Å². The fraction of sp³-hybridized carbons (Fsp3) is 0.727. The molecular formula is C22H35N3O6S3. The maximum atomic E-state index is 13.2. The average molecular weight is 534 g/mol. The highest BCUT2D eigenvalue weighted by Gasteiger charge is 2.33. The molecule has 2 aliphatic heterocycles. The van der Waals surface area contributed by atoms with Gasteiger partial charge in [0.25, 0.3) is 0 Å². The Kier molecular flexibility index (Phi) is 12.6. The van der Waals surface area contributed by atoms with Gasteiger partial charge >= 0.3 is 5.97 Å². The van der Waals surface area contributed by atoms with E-state index >= 15 is 0 Å². The lowest BCUT2D eigenvalue weighted by Crippen LogP contribution is -2.58. The van der Waals surface area contributed by atoms with Gasteiger partial charge in [-0.1, -0.05) is 41.5 Å². The van der Waals surface area contributed by atoms with Gasteiger partial charge in [0.15, 0.2) is 0 Å². The fourth-order valence-electron chi connectivity index (χ4n) is 3.57. The van der Waals surface area contributed by atoms with E-state index in [0.29, 0.717) is 24.3 Å². The molecule has 0 saturated carbocycles. The van der Waals surface area contributed by atoms with Crippen molar-refractivity contribution in [3.8, 4) is 0 Å². The monoisotopic (exact) mass is 533 g/mol. The third-order valence-electron chi connectivity index (χ3n) is 5.42. The number of ether oxygens (including phenoxy) is 1. The standard InChI is InChI=1S/C22H35N3O6S3/c1-13(2)20-17(26)11-19(28)31-14-6-4-5-8-33-34-12-16(22(30)25-20)24-21(29)15(7-9-32-3)23-18(27)10-14/h4,6,13-17,20,26H,5,7-12H2,1-3H3,(H,23,27)(H,24,29)(H,25,30)/b6-4+/t14-,15-,16+,17-,20+/m0/s1. The molecule has 12 heteroatoms. The number of nitrogens with one attached hydrogen (secondary N) is 3. The minimum Gasteiger partial charge on any atom is -0.457 e. The van der Waals surface area contributed by atoms with Crippen molar-refractivity contribution < 1.29 is 29.0 Å². The second-order valence-electron chi connectivity index (χ2n) is 8.57. The quantitative estimate of drug-likeness (QED) is 0.239. The summed E-state index contributed by atoms with van der Waals surface area (Å²) in [6, 6.07) is -2.40. The summed E-state index contributed by atoms with van der Waals surface area (Å²) < 4.78 is 5.50. The molecule has 2 heterocycles. The van der Waals surface area contributed by atoms with Crippen molar-refractivity contribution in [1.82, 2.24) is 16.0 Å². The molecule has 0 aromatic heterocycles. The largest absolute Gasteiger partial charge is 0.457 e. The van der Waals surface area contributed by atoms with Crippen LogP contribution in [-0.4, -0.2) is 82.6 Å². The van der Waals surface area contributed by atoms with E-state index in [0.717, 1.165) is 5.75 Å². The van der Waals surface area contributed by atoms with Gasteiger partial charge < -0.3 is 25.8 Å². The van der Waals surface area contributed by atoms with E-state index in [2.05, 4.69) is 16.0 Å². The molecule has 5 atom stereocenters. The van der Waals surface area contributed by atoms with Crippen molar-refractivity contribution in [1.29, 1.82) is 0 Å². The van der Waals surface area contributed by atoms with Crippen LogP contribution in [0.3, 0.4) is 0 Å². The van der Waals surface area contributed by atoms with Crippen LogP contribution in [0.15, 0.2) is 12.2 Å². The number of thioether (sulfide) groups is 1. The lowest BCUT2D eigenvalue weighted by atomic mass is 9.96. The van der Waals surface area contributed by atoms with Crippen LogP contribution in [0.5, 0.6) is 0 Å². The van der Waals surface area contributed by atoms with Crippen LogP contribution in [0.2, 0.25) is 0 Å². The zero-order chi connectivity index (χ0) is 25.1. The average Bonchev–Trinajstić information content (AvgIpc) is 2.77. The SMILES string of the molecule is CSCC[C@@H]1NC(=O)C[C@@H]2/C=C/CCSSC[C@@H](NC1=O)C(=O)N[C@H](C(C)C)[C@@H](O)CC(=O)O2. The van der Waals surface area contributed by atoms with E-state index < -0.39 is 54.0 Å². The molecule has 9 nitrogen and oxygen atoms in total. The van der Waals surface area contributed by atoms with Crippen LogP contribution in [0.4, 0.5) is 0 Å². The fourth-order valence-corrected chi connectivity index (χ4v) is 6.20. The number of carbonyl (C=O) groups is 4. The number of rotatable bonds is 4. The van der Waals surface area contributed by atoms with E-state index in [4.69, 9.17) is 4.74 Å². The van der Waals surface area contributed by atoms with Gasteiger partial charge in [0.1, 0.15) is 18.2 Å². The number of esters is 1. The van der Waals surface area contributed by atoms with E-state index in [1.807, 2.05) is 26.2 Å². The lowest BCUT2D eigenvalue weighted by molar-refractivity contribution is -0.151. The molecule has 2 rings (SSSR count). The van der Waals surface area contributed by atoms with Crippen molar-refractivity contribution in [2.24, 2.45) is 5.92 Å². The third-order valence-corrected chi connectivity index (χ3v) is 8.51. The number of fused-ring (bicyclic) bond motifs is 7. The molecule has 192 valence electrons.